The summed E-state index contributed by atoms with van der Waals surface area (Å²) in [6.07, 6.45) is 10.1. The molecule has 3 heterocycles. The molecule has 2 aromatic rings. The molecule has 1 N–H and O–H groups in total. The van der Waals surface area contributed by atoms with E-state index < -0.39 is 16.0 Å². The number of aromatic nitrogens is 2. The fraction of sp³-hybridized carbons (Fsp3) is 0.619. The number of esters is 1. The zero-order valence-electron chi connectivity index (χ0n) is 18.1. The Morgan fingerprint density at radius 2 is 2.10 bits per heavy atom. The second-order valence-corrected chi connectivity index (χ2v) is 11.6. The van der Waals surface area contributed by atoms with Crippen molar-refractivity contribution in [3.63, 3.8) is 0 Å². The van der Waals surface area contributed by atoms with Crippen molar-refractivity contribution in [3.8, 4) is 0 Å². The molecule has 0 spiro atoms. The molecule has 0 radical (unpaired) electrons. The molecule has 1 saturated carbocycles. The van der Waals surface area contributed by atoms with Crippen molar-refractivity contribution in [1.82, 2.24) is 19.4 Å². The molecule has 0 saturated heterocycles. The van der Waals surface area contributed by atoms with Crippen LogP contribution >= 0.6 is 11.3 Å². The van der Waals surface area contributed by atoms with E-state index in [0.29, 0.717) is 25.4 Å². The molecule has 0 amide bonds. The lowest BCUT2D eigenvalue weighted by molar-refractivity contribution is 0.0595. The Bertz CT molecular complexity index is 1040. The lowest BCUT2D eigenvalue weighted by atomic mass is 9.90. The van der Waals surface area contributed by atoms with Crippen molar-refractivity contribution < 1.29 is 17.9 Å². The van der Waals surface area contributed by atoms with Crippen LogP contribution in [0.3, 0.4) is 0 Å². The van der Waals surface area contributed by atoms with E-state index in [4.69, 9.17) is 4.74 Å². The summed E-state index contributed by atoms with van der Waals surface area (Å²) in [7, 11) is -0.589. The van der Waals surface area contributed by atoms with E-state index >= 15 is 0 Å². The van der Waals surface area contributed by atoms with Crippen LogP contribution in [0.1, 0.15) is 58.5 Å². The molecular formula is C21H30N4O4S2. The molecule has 2 aliphatic rings. The molecule has 1 aliphatic carbocycles. The molecule has 2 aromatic heterocycles. The van der Waals surface area contributed by atoms with Gasteiger partial charge in [0.1, 0.15) is 4.21 Å². The number of fused-ring (bicyclic) bond motifs is 1. The van der Waals surface area contributed by atoms with Crippen LogP contribution in [-0.4, -0.2) is 49.3 Å². The van der Waals surface area contributed by atoms with E-state index in [2.05, 4.69) is 14.7 Å². The molecule has 1 aliphatic heterocycles. The number of thiophene rings is 1. The Balaban J connectivity index is 1.56. The van der Waals surface area contributed by atoms with Crippen LogP contribution in [0, 0.1) is 5.92 Å². The third-order valence-corrected chi connectivity index (χ3v) is 9.35. The number of ether oxygens (including phenoxy) is 1. The number of sulfonamides is 1. The first-order chi connectivity index (χ1) is 14.9. The van der Waals surface area contributed by atoms with Crippen molar-refractivity contribution in [3.05, 3.63) is 34.0 Å². The molecule has 10 heteroatoms. The maximum absolute atomic E-state index is 13.2. The number of carbonyl (C=O) groups is 1. The van der Waals surface area contributed by atoms with Crippen LogP contribution in [0.15, 0.2) is 16.6 Å². The van der Waals surface area contributed by atoms with Gasteiger partial charge < -0.3 is 4.74 Å². The van der Waals surface area contributed by atoms with Crippen LogP contribution in [0.4, 0.5) is 0 Å². The smallest absolute Gasteiger partial charge is 0.340 e. The van der Waals surface area contributed by atoms with Crippen LogP contribution in [-0.2, 0) is 41.3 Å². The first kappa shape index (κ1) is 22.4. The Kier molecular flexibility index (Phi) is 6.80. The number of methoxy groups -OCH3 is 1. The van der Waals surface area contributed by atoms with E-state index in [9.17, 15) is 13.2 Å². The van der Waals surface area contributed by atoms with Crippen LogP contribution in [0.5, 0.6) is 0 Å². The zero-order chi connectivity index (χ0) is 22.0. The van der Waals surface area contributed by atoms with Gasteiger partial charge >= 0.3 is 5.97 Å². The fourth-order valence-corrected chi connectivity index (χ4v) is 7.65. The minimum Gasteiger partial charge on any atom is -0.465 e. The van der Waals surface area contributed by atoms with E-state index in [0.717, 1.165) is 54.8 Å². The predicted octanol–water partition coefficient (Wildman–Crippen LogP) is 2.69. The second-order valence-electron chi connectivity index (χ2n) is 8.50. The largest absolute Gasteiger partial charge is 0.465 e. The van der Waals surface area contributed by atoms with E-state index in [1.165, 1.54) is 24.9 Å². The van der Waals surface area contributed by atoms with Gasteiger partial charge in [0, 0.05) is 49.9 Å². The quantitative estimate of drug-likeness (QED) is 0.631. The van der Waals surface area contributed by atoms with Crippen molar-refractivity contribution in [2.75, 3.05) is 20.2 Å². The SMILES string of the molecule is COC(=O)c1c(S(=O)(=O)NCC2CCCCC2)sc2c1CCN(Cc1cnn(C)c1)C2. The van der Waals surface area contributed by atoms with Crippen molar-refractivity contribution in [2.45, 2.75) is 55.8 Å². The van der Waals surface area contributed by atoms with E-state index in [1.54, 1.807) is 4.68 Å². The van der Waals surface area contributed by atoms with Gasteiger partial charge in [0.15, 0.2) is 0 Å². The fourth-order valence-electron chi connectivity index (χ4n) is 4.56. The standard InChI is InChI=1S/C21H30N4O4S2/c1-24-12-16(10-22-24)13-25-9-8-17-18(14-25)30-21(19(17)20(26)29-2)31(27,28)23-11-15-6-4-3-5-7-15/h10,12,15,23H,3-9,11,13-14H2,1-2H3. The Morgan fingerprint density at radius 1 is 1.32 bits per heavy atom. The second kappa shape index (κ2) is 9.40. The number of rotatable bonds is 7. The van der Waals surface area contributed by atoms with Gasteiger partial charge in [0.25, 0.3) is 10.0 Å². The highest BCUT2D eigenvalue weighted by molar-refractivity contribution is 7.91. The lowest BCUT2D eigenvalue weighted by Crippen LogP contribution is -2.31. The molecule has 31 heavy (non-hydrogen) atoms. The van der Waals surface area contributed by atoms with Crippen molar-refractivity contribution in [2.24, 2.45) is 13.0 Å². The minimum atomic E-state index is -3.78. The summed E-state index contributed by atoms with van der Waals surface area (Å²) in [5.41, 5.74) is 2.15. The molecule has 1 fully saturated rings. The van der Waals surface area contributed by atoms with E-state index in [-0.39, 0.29) is 9.77 Å². The Morgan fingerprint density at radius 3 is 2.77 bits per heavy atom. The maximum atomic E-state index is 13.2. The van der Waals surface area contributed by atoms with Crippen molar-refractivity contribution >= 4 is 27.3 Å². The van der Waals surface area contributed by atoms with Crippen LogP contribution in [0.2, 0.25) is 0 Å². The molecule has 8 nitrogen and oxygen atoms in total. The molecule has 4 rings (SSSR count). The summed E-state index contributed by atoms with van der Waals surface area (Å²) < 4.78 is 36.0. The zero-order valence-corrected chi connectivity index (χ0v) is 19.7. The van der Waals surface area contributed by atoms with Gasteiger partial charge in [-0.1, -0.05) is 19.3 Å². The summed E-state index contributed by atoms with van der Waals surface area (Å²) in [5, 5.41) is 4.21. The summed E-state index contributed by atoms with van der Waals surface area (Å²) in [6.45, 7) is 2.52. The number of carbonyl (C=O) groups excluding carboxylic acids is 1. The number of aryl methyl sites for hydroxylation is 1. The average molecular weight is 467 g/mol. The van der Waals surface area contributed by atoms with Gasteiger partial charge in [-0.05, 0) is 30.7 Å². The maximum Gasteiger partial charge on any atom is 0.340 e. The molecule has 0 unspecified atom stereocenters. The summed E-state index contributed by atoms with van der Waals surface area (Å²) in [5.74, 6) is -0.203. The third-order valence-electron chi connectivity index (χ3n) is 6.19. The molecule has 170 valence electrons. The normalized spacial score (nSPS) is 18.1. The number of hydrogen-bond donors (Lipinski definition) is 1. The monoisotopic (exact) mass is 466 g/mol. The predicted molar refractivity (Wildman–Crippen MR) is 118 cm³/mol. The molecule has 0 aromatic carbocycles. The van der Waals surface area contributed by atoms with Crippen LogP contribution < -0.4 is 4.72 Å². The third kappa shape index (κ3) is 5.02. The number of nitrogens with one attached hydrogen (secondary N) is 1. The van der Waals surface area contributed by atoms with Crippen molar-refractivity contribution in [1.29, 1.82) is 0 Å². The van der Waals surface area contributed by atoms with Gasteiger partial charge in [-0.15, -0.1) is 11.3 Å². The summed E-state index contributed by atoms with van der Waals surface area (Å²) in [4.78, 5) is 15.7. The minimum absolute atomic E-state index is 0.100. The number of nitrogens with zero attached hydrogens (tertiary/aromatic N) is 3. The average Bonchev–Trinajstić information content (AvgIpc) is 3.36. The van der Waals surface area contributed by atoms with Crippen LogP contribution in [0.25, 0.3) is 0 Å². The highest BCUT2D eigenvalue weighted by atomic mass is 32.2. The first-order valence-corrected chi connectivity index (χ1v) is 13.1. The summed E-state index contributed by atoms with van der Waals surface area (Å²) in [6, 6.07) is 0. The Labute approximate surface area is 187 Å². The summed E-state index contributed by atoms with van der Waals surface area (Å²) >= 11 is 1.20. The molecule has 0 atom stereocenters. The van der Waals surface area contributed by atoms with Gasteiger partial charge in [-0.2, -0.15) is 5.10 Å². The van der Waals surface area contributed by atoms with Gasteiger partial charge in [0.2, 0.25) is 0 Å². The topological polar surface area (TPSA) is 93.5 Å². The van der Waals surface area contributed by atoms with E-state index in [1.807, 2.05) is 19.4 Å². The van der Waals surface area contributed by atoms with Gasteiger partial charge in [-0.25, -0.2) is 17.9 Å². The highest BCUT2D eigenvalue weighted by Crippen LogP contribution is 2.37. The first-order valence-electron chi connectivity index (χ1n) is 10.8. The van der Waals surface area contributed by atoms with Gasteiger partial charge in [0.05, 0.1) is 18.9 Å². The lowest BCUT2D eigenvalue weighted by Gasteiger charge is -2.26. The number of hydrogen-bond acceptors (Lipinski definition) is 7. The highest BCUT2D eigenvalue weighted by Gasteiger charge is 2.34. The molecule has 0 bridgehead atoms. The van der Waals surface area contributed by atoms with Gasteiger partial charge in [-0.3, -0.25) is 9.58 Å². The molecular weight excluding hydrogens is 436 g/mol. The Hall–Kier alpha value is -1.75.